The van der Waals surface area contributed by atoms with E-state index >= 15 is 0 Å². The van der Waals surface area contributed by atoms with E-state index in [1.807, 2.05) is 38.1 Å². The van der Waals surface area contributed by atoms with E-state index in [0.29, 0.717) is 0 Å². The van der Waals surface area contributed by atoms with E-state index in [9.17, 15) is 4.79 Å². The van der Waals surface area contributed by atoms with Gasteiger partial charge in [0.05, 0.1) is 5.69 Å². The monoisotopic (exact) mass is 280 g/mol. The third-order valence-corrected chi connectivity index (χ3v) is 3.34. The average Bonchev–Trinajstić information content (AvgIpc) is 2.57. The Hall–Kier alpha value is -1.29. The number of benzene rings is 1. The molecular weight excluding hydrogens is 268 g/mol. The summed E-state index contributed by atoms with van der Waals surface area (Å²) in [4.78, 5) is 12.0. The van der Waals surface area contributed by atoms with E-state index in [1.54, 1.807) is 4.68 Å². The summed E-state index contributed by atoms with van der Waals surface area (Å²) in [7, 11) is 0. The first kappa shape index (κ1) is 11.2. The average molecular weight is 281 g/mol. The number of rotatable bonds is 2. The third kappa shape index (κ3) is 1.73. The summed E-state index contributed by atoms with van der Waals surface area (Å²) in [6.45, 7) is 3.88. The zero-order valence-electron chi connectivity index (χ0n) is 9.25. The normalized spacial score (nSPS) is 10.7. The summed E-state index contributed by atoms with van der Waals surface area (Å²) in [6.07, 6.45) is 0.832. The molecule has 1 heterocycles. The van der Waals surface area contributed by atoms with E-state index in [2.05, 4.69) is 21.0 Å². The number of halogens is 1. The van der Waals surface area contributed by atoms with Crippen molar-refractivity contribution in [1.29, 1.82) is 0 Å². The highest BCUT2D eigenvalue weighted by Crippen LogP contribution is 2.19. The highest BCUT2D eigenvalue weighted by atomic mass is 79.9. The SMILES string of the molecule is CCc1[nH]n(-c2ccccc2Br)c(=O)c1C. The van der Waals surface area contributed by atoms with Crippen molar-refractivity contribution >= 4 is 15.9 Å². The molecule has 1 N–H and O–H groups in total. The standard InChI is InChI=1S/C12H13BrN2O/c1-3-10-8(2)12(16)15(14-10)11-7-5-4-6-9(11)13/h4-7,14H,3H2,1-2H3. The molecule has 0 unspecified atom stereocenters. The zero-order valence-corrected chi connectivity index (χ0v) is 10.8. The number of aromatic amines is 1. The Morgan fingerprint density at radius 2 is 2.06 bits per heavy atom. The van der Waals surface area contributed by atoms with Crippen LogP contribution in [0.3, 0.4) is 0 Å². The van der Waals surface area contributed by atoms with Gasteiger partial charge >= 0.3 is 0 Å². The molecule has 0 saturated carbocycles. The number of nitrogens with zero attached hydrogens (tertiary/aromatic N) is 1. The fourth-order valence-electron chi connectivity index (χ4n) is 1.71. The smallest absolute Gasteiger partial charge is 0.274 e. The molecule has 0 aliphatic rings. The lowest BCUT2D eigenvalue weighted by molar-refractivity contribution is 0.816. The molecule has 0 bridgehead atoms. The highest BCUT2D eigenvalue weighted by Gasteiger charge is 2.11. The number of hydrogen-bond acceptors (Lipinski definition) is 1. The Kier molecular flexibility index (Phi) is 3.01. The van der Waals surface area contributed by atoms with Gasteiger partial charge in [-0.15, -0.1) is 0 Å². The van der Waals surface area contributed by atoms with E-state index in [4.69, 9.17) is 0 Å². The molecule has 84 valence electrons. The van der Waals surface area contributed by atoms with Crippen LogP contribution in [0.2, 0.25) is 0 Å². The number of hydrogen-bond donors (Lipinski definition) is 1. The molecule has 2 rings (SSSR count). The summed E-state index contributed by atoms with van der Waals surface area (Å²) in [5.41, 5.74) is 2.64. The Labute approximate surface area is 102 Å². The van der Waals surface area contributed by atoms with Crippen LogP contribution in [-0.4, -0.2) is 9.78 Å². The van der Waals surface area contributed by atoms with Gasteiger partial charge in [0, 0.05) is 15.7 Å². The van der Waals surface area contributed by atoms with Crippen molar-refractivity contribution in [3.8, 4) is 5.69 Å². The van der Waals surface area contributed by atoms with Gasteiger partial charge < -0.3 is 0 Å². The zero-order chi connectivity index (χ0) is 11.7. The van der Waals surface area contributed by atoms with Gasteiger partial charge in [-0.25, -0.2) is 4.68 Å². The quantitative estimate of drug-likeness (QED) is 0.903. The summed E-state index contributed by atoms with van der Waals surface area (Å²) in [5.74, 6) is 0. The van der Waals surface area contributed by atoms with Crippen LogP contribution < -0.4 is 5.56 Å². The molecule has 0 spiro atoms. The van der Waals surface area contributed by atoms with Crippen LogP contribution >= 0.6 is 15.9 Å². The number of aromatic nitrogens is 2. The van der Waals surface area contributed by atoms with Gasteiger partial charge in [0.15, 0.2) is 0 Å². The predicted molar refractivity (Wildman–Crippen MR) is 68.2 cm³/mol. The first-order valence-electron chi connectivity index (χ1n) is 5.20. The molecule has 0 amide bonds. The van der Waals surface area contributed by atoms with Gasteiger partial charge in [0.2, 0.25) is 0 Å². The second-order valence-electron chi connectivity index (χ2n) is 3.66. The van der Waals surface area contributed by atoms with Gasteiger partial charge in [-0.05, 0) is 41.4 Å². The van der Waals surface area contributed by atoms with E-state index < -0.39 is 0 Å². The molecule has 1 aromatic heterocycles. The lowest BCUT2D eigenvalue weighted by Crippen LogP contribution is -2.16. The lowest BCUT2D eigenvalue weighted by atomic mass is 10.2. The summed E-state index contributed by atoms with van der Waals surface area (Å²) in [6, 6.07) is 7.66. The minimum Gasteiger partial charge on any atom is -0.295 e. The molecule has 0 aliphatic heterocycles. The van der Waals surface area contributed by atoms with Crippen LogP contribution in [0.1, 0.15) is 18.2 Å². The molecule has 0 saturated heterocycles. The first-order valence-corrected chi connectivity index (χ1v) is 5.99. The topological polar surface area (TPSA) is 37.8 Å². The largest absolute Gasteiger partial charge is 0.295 e. The van der Waals surface area contributed by atoms with Crippen LogP contribution in [-0.2, 0) is 6.42 Å². The molecule has 3 nitrogen and oxygen atoms in total. The third-order valence-electron chi connectivity index (χ3n) is 2.67. The summed E-state index contributed by atoms with van der Waals surface area (Å²) < 4.78 is 2.49. The van der Waals surface area contributed by atoms with Crippen molar-refractivity contribution in [3.05, 3.63) is 50.3 Å². The van der Waals surface area contributed by atoms with Crippen molar-refractivity contribution < 1.29 is 0 Å². The number of aryl methyl sites for hydroxylation is 1. The van der Waals surface area contributed by atoms with Crippen LogP contribution in [0.4, 0.5) is 0 Å². The van der Waals surface area contributed by atoms with Crippen molar-refractivity contribution in [2.75, 3.05) is 0 Å². The Bertz CT molecular complexity index is 569. The minimum absolute atomic E-state index is 0.0174. The number of nitrogens with one attached hydrogen (secondary N) is 1. The van der Waals surface area contributed by atoms with Crippen LogP contribution in [0, 0.1) is 6.92 Å². The second-order valence-corrected chi connectivity index (χ2v) is 4.52. The summed E-state index contributed by atoms with van der Waals surface area (Å²) >= 11 is 3.44. The molecule has 0 radical (unpaired) electrons. The van der Waals surface area contributed by atoms with Crippen LogP contribution in [0.25, 0.3) is 5.69 Å². The highest BCUT2D eigenvalue weighted by molar-refractivity contribution is 9.10. The molecular formula is C12H13BrN2O. The Morgan fingerprint density at radius 1 is 1.38 bits per heavy atom. The van der Waals surface area contributed by atoms with Gasteiger partial charge in [0.25, 0.3) is 5.56 Å². The van der Waals surface area contributed by atoms with Gasteiger partial charge in [0.1, 0.15) is 0 Å². The molecule has 16 heavy (non-hydrogen) atoms. The van der Waals surface area contributed by atoms with Crippen molar-refractivity contribution in [3.63, 3.8) is 0 Å². The van der Waals surface area contributed by atoms with E-state index in [0.717, 1.165) is 27.8 Å². The van der Waals surface area contributed by atoms with Crippen LogP contribution in [0.15, 0.2) is 33.5 Å². The lowest BCUT2D eigenvalue weighted by Gasteiger charge is -2.03. The maximum atomic E-state index is 12.0. The Balaban J connectivity index is 2.66. The fourth-order valence-corrected chi connectivity index (χ4v) is 2.18. The minimum atomic E-state index is 0.0174. The molecule has 1 aromatic carbocycles. The van der Waals surface area contributed by atoms with Gasteiger partial charge in [-0.2, -0.15) is 0 Å². The Morgan fingerprint density at radius 3 is 2.62 bits per heavy atom. The van der Waals surface area contributed by atoms with Crippen molar-refractivity contribution in [1.82, 2.24) is 9.78 Å². The van der Waals surface area contributed by atoms with Crippen molar-refractivity contribution in [2.45, 2.75) is 20.3 Å². The van der Waals surface area contributed by atoms with Crippen molar-refractivity contribution in [2.24, 2.45) is 0 Å². The number of para-hydroxylation sites is 1. The fraction of sp³-hybridized carbons (Fsp3) is 0.250. The molecule has 0 fully saturated rings. The molecule has 2 aromatic rings. The van der Waals surface area contributed by atoms with Crippen LogP contribution in [0.5, 0.6) is 0 Å². The molecule has 0 aliphatic carbocycles. The van der Waals surface area contributed by atoms with Gasteiger partial charge in [-0.3, -0.25) is 9.89 Å². The number of H-pyrrole nitrogens is 1. The second kappa shape index (κ2) is 4.29. The molecule has 4 heteroatoms. The first-order chi connectivity index (χ1) is 7.65. The maximum absolute atomic E-state index is 12.0. The van der Waals surface area contributed by atoms with Gasteiger partial charge in [-0.1, -0.05) is 19.1 Å². The van der Waals surface area contributed by atoms with E-state index in [-0.39, 0.29) is 5.56 Å². The summed E-state index contributed by atoms with van der Waals surface area (Å²) in [5, 5.41) is 3.13. The maximum Gasteiger partial charge on any atom is 0.274 e. The predicted octanol–water partition coefficient (Wildman–Crippen LogP) is 2.80. The molecule has 0 atom stereocenters. The van der Waals surface area contributed by atoms with E-state index in [1.165, 1.54) is 0 Å².